The molecule has 0 spiro atoms. The second-order valence-electron chi connectivity index (χ2n) is 4.90. The molecule has 2 aromatic carbocycles. The Morgan fingerprint density at radius 3 is 2.32 bits per heavy atom. The van der Waals surface area contributed by atoms with E-state index in [2.05, 4.69) is 22.1 Å². The Labute approximate surface area is 129 Å². The van der Waals surface area contributed by atoms with Gasteiger partial charge in [-0.1, -0.05) is 42.5 Å². The van der Waals surface area contributed by atoms with E-state index in [1.54, 1.807) is 13.1 Å². The van der Waals surface area contributed by atoms with Crippen LogP contribution in [0, 0.1) is 6.92 Å². The van der Waals surface area contributed by atoms with Gasteiger partial charge in [-0.3, -0.25) is 0 Å². The minimum absolute atomic E-state index is 0.155. The Bertz CT molecular complexity index is 756. The molecule has 0 saturated carbocycles. The molecule has 0 atom stereocenters. The van der Waals surface area contributed by atoms with Gasteiger partial charge in [0.25, 0.3) is 0 Å². The Hall–Kier alpha value is -2.72. The van der Waals surface area contributed by atoms with Crippen LogP contribution >= 0.6 is 0 Å². The molecule has 0 unspecified atom stereocenters. The molecule has 0 aliphatic rings. The quantitative estimate of drug-likeness (QED) is 0.796. The van der Waals surface area contributed by atoms with E-state index in [1.807, 2.05) is 42.5 Å². The molecule has 3 aromatic rings. The number of aliphatic hydroxyl groups excluding tert-OH is 1. The molecule has 1 N–H and O–H groups in total. The zero-order valence-electron chi connectivity index (χ0n) is 12.2. The lowest BCUT2D eigenvalue weighted by Crippen LogP contribution is -1.98. The molecular weight excluding hydrogens is 276 g/mol. The second kappa shape index (κ2) is 6.37. The number of hydrogen-bond donors (Lipinski definition) is 1. The van der Waals surface area contributed by atoms with Crippen molar-refractivity contribution in [3.05, 3.63) is 72.2 Å². The first-order chi connectivity index (χ1) is 10.8. The third-order valence-corrected chi connectivity index (χ3v) is 3.29. The molecule has 0 fully saturated rings. The number of hydrogen-bond acceptors (Lipinski definition) is 4. The van der Waals surface area contributed by atoms with Crippen LogP contribution in [-0.4, -0.2) is 15.1 Å². The molecule has 0 saturated heterocycles. The number of aliphatic hydroxyl groups is 1. The molecule has 0 amide bonds. The lowest BCUT2D eigenvalue weighted by atomic mass is 10.1. The summed E-state index contributed by atoms with van der Waals surface area (Å²) in [5.41, 5.74) is 2.84. The summed E-state index contributed by atoms with van der Waals surface area (Å²) in [4.78, 5) is 8.28. The molecule has 3 rings (SSSR count). The van der Waals surface area contributed by atoms with Crippen LogP contribution in [0.1, 0.15) is 11.4 Å². The summed E-state index contributed by atoms with van der Waals surface area (Å²) in [5.74, 6) is 1.67. The molecule has 0 aliphatic carbocycles. The van der Waals surface area contributed by atoms with Gasteiger partial charge in [-0.15, -0.1) is 0 Å². The Morgan fingerprint density at radius 1 is 0.955 bits per heavy atom. The monoisotopic (exact) mass is 292 g/mol. The summed E-state index contributed by atoms with van der Waals surface area (Å²) < 4.78 is 5.76. The first-order valence-electron chi connectivity index (χ1n) is 7.03. The fourth-order valence-corrected chi connectivity index (χ4v) is 2.13. The minimum Gasteiger partial charge on any atom is -0.439 e. The number of aromatic nitrogens is 2. The van der Waals surface area contributed by atoms with Crippen molar-refractivity contribution in [2.45, 2.75) is 13.5 Å². The van der Waals surface area contributed by atoms with Crippen LogP contribution < -0.4 is 4.74 Å². The lowest BCUT2D eigenvalue weighted by Gasteiger charge is -2.09. The Balaban J connectivity index is 1.84. The normalized spacial score (nSPS) is 10.5. The number of ether oxygens (including phenoxy) is 1. The molecule has 22 heavy (non-hydrogen) atoms. The molecule has 0 bridgehead atoms. The fraction of sp³-hybridized carbons (Fsp3) is 0.111. The van der Waals surface area contributed by atoms with E-state index in [0.717, 1.165) is 11.1 Å². The smallest absolute Gasteiger partial charge is 0.228 e. The van der Waals surface area contributed by atoms with Gasteiger partial charge >= 0.3 is 0 Å². The van der Waals surface area contributed by atoms with E-state index in [0.29, 0.717) is 23.0 Å². The summed E-state index contributed by atoms with van der Waals surface area (Å²) in [5, 5.41) is 9.32. The molecule has 0 aliphatic heterocycles. The molecule has 1 heterocycles. The number of rotatable bonds is 4. The summed E-state index contributed by atoms with van der Waals surface area (Å²) in [6.45, 7) is 1.63. The highest BCUT2D eigenvalue weighted by molar-refractivity contribution is 5.64. The van der Waals surface area contributed by atoms with Gasteiger partial charge in [0.2, 0.25) is 5.88 Å². The highest BCUT2D eigenvalue weighted by Crippen LogP contribution is 2.26. The van der Waals surface area contributed by atoms with Crippen molar-refractivity contribution in [2.24, 2.45) is 0 Å². The Morgan fingerprint density at radius 2 is 1.64 bits per heavy atom. The standard InChI is InChI=1S/C18H16N2O2/c1-13-19-11-16(12-21)18(20-13)22-17-9-7-15(8-10-17)14-5-3-2-4-6-14/h2-11,21H,12H2,1H3. The van der Waals surface area contributed by atoms with Crippen molar-refractivity contribution < 1.29 is 9.84 Å². The molecule has 0 radical (unpaired) electrons. The fourth-order valence-electron chi connectivity index (χ4n) is 2.13. The first-order valence-corrected chi connectivity index (χ1v) is 7.03. The van der Waals surface area contributed by atoms with Crippen LogP contribution in [0.15, 0.2) is 60.8 Å². The lowest BCUT2D eigenvalue weighted by molar-refractivity contribution is 0.274. The van der Waals surface area contributed by atoms with Gasteiger partial charge in [0.1, 0.15) is 11.6 Å². The average molecular weight is 292 g/mol. The summed E-state index contributed by atoms with van der Waals surface area (Å²) in [6, 6.07) is 17.9. The van der Waals surface area contributed by atoms with Crippen LogP contribution in [0.25, 0.3) is 11.1 Å². The van der Waals surface area contributed by atoms with Crippen LogP contribution in [0.2, 0.25) is 0 Å². The molecule has 4 nitrogen and oxygen atoms in total. The first kappa shape index (κ1) is 14.2. The molecule has 1 aromatic heterocycles. The average Bonchev–Trinajstić information content (AvgIpc) is 2.57. The number of nitrogens with zero attached hydrogens (tertiary/aromatic N) is 2. The summed E-state index contributed by atoms with van der Waals surface area (Å²) >= 11 is 0. The number of aryl methyl sites for hydroxylation is 1. The molecule has 110 valence electrons. The van der Waals surface area contributed by atoms with Crippen molar-refractivity contribution in [2.75, 3.05) is 0 Å². The van der Waals surface area contributed by atoms with Gasteiger partial charge in [0, 0.05) is 6.20 Å². The largest absolute Gasteiger partial charge is 0.439 e. The third kappa shape index (κ3) is 3.13. The van der Waals surface area contributed by atoms with Crippen molar-refractivity contribution in [1.82, 2.24) is 9.97 Å². The maximum Gasteiger partial charge on any atom is 0.228 e. The van der Waals surface area contributed by atoms with Gasteiger partial charge in [-0.2, -0.15) is 4.98 Å². The topological polar surface area (TPSA) is 55.2 Å². The highest BCUT2D eigenvalue weighted by Gasteiger charge is 2.07. The van der Waals surface area contributed by atoms with Crippen molar-refractivity contribution in [1.29, 1.82) is 0 Å². The van der Waals surface area contributed by atoms with Gasteiger partial charge in [0.15, 0.2) is 0 Å². The SMILES string of the molecule is Cc1ncc(CO)c(Oc2ccc(-c3ccccc3)cc2)n1. The van der Waals surface area contributed by atoms with E-state index in [9.17, 15) is 5.11 Å². The Kier molecular flexibility index (Phi) is 4.12. The van der Waals surface area contributed by atoms with Gasteiger partial charge < -0.3 is 9.84 Å². The maximum atomic E-state index is 9.32. The highest BCUT2D eigenvalue weighted by atomic mass is 16.5. The number of benzene rings is 2. The maximum absolute atomic E-state index is 9.32. The van der Waals surface area contributed by atoms with E-state index >= 15 is 0 Å². The molecular formula is C18H16N2O2. The zero-order chi connectivity index (χ0) is 15.4. The summed E-state index contributed by atoms with van der Waals surface area (Å²) in [7, 11) is 0. The van der Waals surface area contributed by atoms with E-state index in [1.165, 1.54) is 0 Å². The van der Waals surface area contributed by atoms with Gasteiger partial charge in [0.05, 0.1) is 12.2 Å². The van der Waals surface area contributed by atoms with E-state index in [-0.39, 0.29) is 6.61 Å². The van der Waals surface area contributed by atoms with Crippen LogP contribution in [0.3, 0.4) is 0 Å². The van der Waals surface area contributed by atoms with E-state index < -0.39 is 0 Å². The van der Waals surface area contributed by atoms with Gasteiger partial charge in [-0.05, 0) is 30.2 Å². The van der Waals surface area contributed by atoms with Crippen molar-refractivity contribution in [3.8, 4) is 22.8 Å². The minimum atomic E-state index is -0.155. The summed E-state index contributed by atoms with van der Waals surface area (Å²) in [6.07, 6.45) is 1.58. The van der Waals surface area contributed by atoms with Crippen LogP contribution in [0.5, 0.6) is 11.6 Å². The predicted molar refractivity (Wildman–Crippen MR) is 84.6 cm³/mol. The second-order valence-corrected chi connectivity index (χ2v) is 4.90. The third-order valence-electron chi connectivity index (χ3n) is 3.29. The van der Waals surface area contributed by atoms with Crippen molar-refractivity contribution in [3.63, 3.8) is 0 Å². The van der Waals surface area contributed by atoms with Gasteiger partial charge in [-0.25, -0.2) is 4.98 Å². The molecule has 4 heteroatoms. The van der Waals surface area contributed by atoms with Crippen molar-refractivity contribution >= 4 is 0 Å². The van der Waals surface area contributed by atoms with Crippen LogP contribution in [-0.2, 0) is 6.61 Å². The predicted octanol–water partition coefficient (Wildman–Crippen LogP) is 3.74. The zero-order valence-corrected chi connectivity index (χ0v) is 12.2. The van der Waals surface area contributed by atoms with Crippen LogP contribution in [0.4, 0.5) is 0 Å². The van der Waals surface area contributed by atoms with E-state index in [4.69, 9.17) is 4.74 Å².